The molecule has 45 heavy (non-hydrogen) atoms. The van der Waals surface area contributed by atoms with Gasteiger partial charge < -0.3 is 19.3 Å². The highest BCUT2D eigenvalue weighted by Crippen LogP contribution is 2.48. The molecule has 0 saturated carbocycles. The van der Waals surface area contributed by atoms with Crippen LogP contribution in [0.5, 0.6) is 5.75 Å². The summed E-state index contributed by atoms with van der Waals surface area (Å²) >= 11 is 0. The number of para-hydroxylation sites is 1. The highest BCUT2D eigenvalue weighted by atomic mass is 16.5. The normalized spacial score (nSPS) is 15.8. The van der Waals surface area contributed by atoms with E-state index in [4.69, 9.17) is 9.47 Å². The van der Waals surface area contributed by atoms with E-state index in [-0.39, 0.29) is 12.5 Å². The third-order valence-corrected chi connectivity index (χ3v) is 8.84. The van der Waals surface area contributed by atoms with Crippen molar-refractivity contribution in [2.75, 3.05) is 67.1 Å². The molecule has 1 aliphatic rings. The average molecular weight is 605 g/mol. The second-order valence-electron chi connectivity index (χ2n) is 12.1. The fourth-order valence-corrected chi connectivity index (χ4v) is 6.49. The van der Waals surface area contributed by atoms with Gasteiger partial charge in [0.05, 0.1) is 26.4 Å². The molecule has 0 unspecified atom stereocenters. The van der Waals surface area contributed by atoms with Gasteiger partial charge in [0, 0.05) is 37.7 Å². The lowest BCUT2D eigenvalue weighted by atomic mass is 9.67. The maximum Gasteiger partial charge on any atom is 0.246 e. The molecular formula is C38H44N4O3. The van der Waals surface area contributed by atoms with E-state index in [1.54, 1.807) is 7.11 Å². The third kappa shape index (κ3) is 7.37. The van der Waals surface area contributed by atoms with Crippen molar-refractivity contribution in [2.24, 2.45) is 5.41 Å². The molecule has 234 valence electrons. The number of benzene rings is 4. The summed E-state index contributed by atoms with van der Waals surface area (Å²) in [6.07, 6.45) is 1.08. The summed E-state index contributed by atoms with van der Waals surface area (Å²) in [5.41, 5.74) is 1.12. The quantitative estimate of drug-likeness (QED) is 0.192. The molecule has 0 bridgehead atoms. The number of carbonyl (C=O) groups excluding carboxylic acids is 1. The molecule has 2 atom stereocenters. The molecule has 0 spiro atoms. The van der Waals surface area contributed by atoms with Crippen molar-refractivity contribution in [1.29, 1.82) is 5.26 Å². The lowest BCUT2D eigenvalue weighted by Gasteiger charge is -2.42. The van der Waals surface area contributed by atoms with Gasteiger partial charge in [0.1, 0.15) is 5.75 Å². The molecule has 1 aliphatic heterocycles. The number of carbonyl (C=O) groups is 1. The van der Waals surface area contributed by atoms with E-state index in [0.717, 1.165) is 60.1 Å². The molecule has 4 aromatic carbocycles. The molecule has 0 aliphatic carbocycles. The standard InChI is InChI=1S/C38H44N4O3/c1-40(2)21-12-22-41-23-25-42(26-24-41)37(43)38(28-39,29-45-27-30-13-5-4-6-14-30)36(34-18-9-10-20-35(34)44-3)33-19-11-16-31-15-7-8-17-32(31)33/h4-11,13-20,36H,12,21-27,29H2,1-3H3/t36-,38+/m1/s1. The summed E-state index contributed by atoms with van der Waals surface area (Å²) in [7, 11) is 5.81. The van der Waals surface area contributed by atoms with Crippen LogP contribution in [0.2, 0.25) is 0 Å². The molecule has 7 nitrogen and oxygen atoms in total. The average Bonchev–Trinajstić information content (AvgIpc) is 3.08. The van der Waals surface area contributed by atoms with Crippen molar-refractivity contribution in [1.82, 2.24) is 14.7 Å². The SMILES string of the molecule is COc1ccccc1[C@@H](c1cccc2ccccc12)[C@](C#N)(COCc1ccccc1)C(=O)N1CCN(CCCN(C)C)CC1. The van der Waals surface area contributed by atoms with Crippen LogP contribution in [0.1, 0.15) is 29.0 Å². The Morgan fingerprint density at radius 3 is 2.29 bits per heavy atom. The maximum atomic E-state index is 15.0. The Balaban J connectivity index is 1.57. The van der Waals surface area contributed by atoms with Crippen LogP contribution in [-0.2, 0) is 16.1 Å². The number of nitrogens with zero attached hydrogens (tertiary/aromatic N) is 4. The number of nitriles is 1. The first-order valence-electron chi connectivity index (χ1n) is 15.8. The third-order valence-electron chi connectivity index (χ3n) is 8.84. The number of piperazine rings is 1. The van der Waals surface area contributed by atoms with E-state index in [2.05, 4.69) is 48.2 Å². The molecular weight excluding hydrogens is 560 g/mol. The van der Waals surface area contributed by atoms with Gasteiger partial charge in [-0.2, -0.15) is 5.26 Å². The van der Waals surface area contributed by atoms with E-state index in [0.29, 0.717) is 25.4 Å². The second-order valence-corrected chi connectivity index (χ2v) is 12.1. The minimum absolute atomic E-state index is 0.0633. The molecule has 7 heteroatoms. The Kier molecular flexibility index (Phi) is 10.9. The molecule has 4 aromatic rings. The Morgan fingerprint density at radius 1 is 0.889 bits per heavy atom. The molecule has 0 N–H and O–H groups in total. The first-order valence-corrected chi connectivity index (χ1v) is 15.8. The first kappa shape index (κ1) is 32.2. The van der Waals surface area contributed by atoms with Gasteiger partial charge >= 0.3 is 0 Å². The van der Waals surface area contributed by atoms with Gasteiger partial charge in [0.25, 0.3) is 0 Å². The van der Waals surface area contributed by atoms with Crippen molar-refractivity contribution in [3.8, 4) is 11.8 Å². The van der Waals surface area contributed by atoms with Crippen molar-refractivity contribution >= 4 is 16.7 Å². The Bertz CT molecular complexity index is 1590. The number of hydrogen-bond acceptors (Lipinski definition) is 6. The number of fused-ring (bicyclic) bond motifs is 1. The number of rotatable bonds is 13. The largest absolute Gasteiger partial charge is 0.496 e. The lowest BCUT2D eigenvalue weighted by Crippen LogP contribution is -2.56. The van der Waals surface area contributed by atoms with Crippen molar-refractivity contribution < 1.29 is 14.3 Å². The number of ether oxygens (including phenoxy) is 2. The Hall–Kier alpha value is -4.22. The highest BCUT2D eigenvalue weighted by molar-refractivity contribution is 5.92. The van der Waals surface area contributed by atoms with Gasteiger partial charge in [-0.1, -0.05) is 91.0 Å². The van der Waals surface area contributed by atoms with Crippen LogP contribution in [0.15, 0.2) is 97.1 Å². The molecule has 5 rings (SSSR count). The number of hydrogen-bond donors (Lipinski definition) is 0. The fraction of sp³-hybridized carbons (Fsp3) is 0.368. The molecule has 1 heterocycles. The molecule has 1 amide bonds. The Labute approximate surface area is 267 Å². The monoisotopic (exact) mass is 604 g/mol. The molecule has 0 radical (unpaired) electrons. The Morgan fingerprint density at radius 2 is 1.56 bits per heavy atom. The number of methoxy groups -OCH3 is 1. The summed E-state index contributed by atoms with van der Waals surface area (Å²) in [5.74, 6) is -0.211. The van der Waals surface area contributed by atoms with Crippen LogP contribution in [0.4, 0.5) is 0 Å². The summed E-state index contributed by atoms with van der Waals surface area (Å²) < 4.78 is 12.3. The van der Waals surface area contributed by atoms with Gasteiger partial charge in [0.15, 0.2) is 5.41 Å². The van der Waals surface area contributed by atoms with Gasteiger partial charge in [0.2, 0.25) is 5.91 Å². The second kappa shape index (κ2) is 15.2. The van der Waals surface area contributed by atoms with Crippen LogP contribution >= 0.6 is 0 Å². The van der Waals surface area contributed by atoms with Crippen LogP contribution in [0.25, 0.3) is 10.8 Å². The smallest absolute Gasteiger partial charge is 0.246 e. The minimum atomic E-state index is -1.55. The van der Waals surface area contributed by atoms with Gasteiger partial charge in [-0.3, -0.25) is 9.69 Å². The summed E-state index contributed by atoms with van der Waals surface area (Å²) in [6, 6.07) is 34.4. The van der Waals surface area contributed by atoms with Crippen LogP contribution < -0.4 is 4.74 Å². The fourth-order valence-electron chi connectivity index (χ4n) is 6.49. The summed E-state index contributed by atoms with van der Waals surface area (Å²) in [5, 5.41) is 13.3. The van der Waals surface area contributed by atoms with Crippen molar-refractivity contribution in [3.63, 3.8) is 0 Å². The highest BCUT2D eigenvalue weighted by Gasteiger charge is 2.52. The zero-order valence-electron chi connectivity index (χ0n) is 26.7. The van der Waals surface area contributed by atoms with Crippen LogP contribution in [-0.4, -0.2) is 87.7 Å². The molecule has 0 aromatic heterocycles. The zero-order chi connectivity index (χ0) is 31.6. The predicted octanol–water partition coefficient (Wildman–Crippen LogP) is 5.80. The zero-order valence-corrected chi connectivity index (χ0v) is 26.7. The van der Waals surface area contributed by atoms with E-state index >= 15 is 0 Å². The predicted molar refractivity (Wildman–Crippen MR) is 179 cm³/mol. The van der Waals surface area contributed by atoms with Gasteiger partial charge in [-0.25, -0.2) is 0 Å². The van der Waals surface area contributed by atoms with E-state index in [1.807, 2.05) is 83.8 Å². The van der Waals surface area contributed by atoms with Crippen molar-refractivity contribution in [2.45, 2.75) is 18.9 Å². The summed E-state index contributed by atoms with van der Waals surface area (Å²) in [4.78, 5) is 21.5. The summed E-state index contributed by atoms with van der Waals surface area (Å²) in [6.45, 7) is 4.94. The van der Waals surface area contributed by atoms with Crippen LogP contribution in [0, 0.1) is 16.7 Å². The lowest BCUT2D eigenvalue weighted by molar-refractivity contribution is -0.145. The van der Waals surface area contributed by atoms with Gasteiger partial charge in [-0.15, -0.1) is 0 Å². The van der Waals surface area contributed by atoms with Crippen molar-refractivity contribution in [3.05, 3.63) is 114 Å². The first-order chi connectivity index (χ1) is 22.0. The molecule has 1 saturated heterocycles. The minimum Gasteiger partial charge on any atom is -0.496 e. The maximum absolute atomic E-state index is 15.0. The van der Waals surface area contributed by atoms with E-state index in [1.165, 1.54) is 0 Å². The van der Waals surface area contributed by atoms with E-state index in [9.17, 15) is 10.1 Å². The van der Waals surface area contributed by atoms with Crippen LogP contribution in [0.3, 0.4) is 0 Å². The van der Waals surface area contributed by atoms with Gasteiger partial charge in [-0.05, 0) is 61.6 Å². The van der Waals surface area contributed by atoms with E-state index < -0.39 is 11.3 Å². The number of amides is 1. The topological polar surface area (TPSA) is 69.0 Å². The molecule has 1 fully saturated rings.